The largest absolute Gasteiger partial charge is 0.401 e. The molecule has 25 heavy (non-hydrogen) atoms. The Balaban J connectivity index is 0. The molecule has 0 fully saturated rings. The van der Waals surface area contributed by atoms with Gasteiger partial charge in [-0.15, -0.1) is 24.0 Å². The molecule has 0 aliphatic heterocycles. The zero-order chi connectivity index (χ0) is 18.8. The molecule has 152 valence electrons. The fourth-order valence-electron chi connectivity index (χ4n) is 1.93. The number of sulfone groups is 1. The minimum absolute atomic E-state index is 0. The van der Waals surface area contributed by atoms with E-state index in [4.69, 9.17) is 0 Å². The van der Waals surface area contributed by atoms with Crippen molar-refractivity contribution in [1.82, 2.24) is 15.5 Å². The molecule has 0 aliphatic carbocycles. The van der Waals surface area contributed by atoms with Gasteiger partial charge in [0, 0.05) is 25.4 Å². The van der Waals surface area contributed by atoms with Gasteiger partial charge in [-0.2, -0.15) is 13.2 Å². The van der Waals surface area contributed by atoms with Crippen LogP contribution in [0.1, 0.15) is 26.7 Å². The Morgan fingerprint density at radius 1 is 1.32 bits per heavy atom. The van der Waals surface area contributed by atoms with E-state index < -0.39 is 22.6 Å². The second kappa shape index (κ2) is 13.0. The van der Waals surface area contributed by atoms with Crippen molar-refractivity contribution in [2.24, 2.45) is 4.99 Å². The molecule has 1 atom stereocenters. The van der Waals surface area contributed by atoms with Crippen LogP contribution in [0.25, 0.3) is 0 Å². The molecule has 0 bridgehead atoms. The normalized spacial score (nSPS) is 14.2. The molecule has 0 aromatic rings. The minimum atomic E-state index is -4.19. The lowest BCUT2D eigenvalue weighted by Crippen LogP contribution is -2.43. The lowest BCUT2D eigenvalue weighted by atomic mass is 10.3. The number of alkyl halides is 3. The highest BCUT2D eigenvalue weighted by Gasteiger charge is 2.28. The second-order valence-electron chi connectivity index (χ2n) is 5.93. The zero-order valence-corrected chi connectivity index (χ0v) is 18.3. The van der Waals surface area contributed by atoms with Gasteiger partial charge >= 0.3 is 6.18 Å². The average molecular weight is 502 g/mol. The molecular weight excluding hydrogens is 472 g/mol. The first-order valence-corrected chi connectivity index (χ1v) is 9.97. The Morgan fingerprint density at radius 3 is 2.40 bits per heavy atom. The Kier molecular flexibility index (Phi) is 14.0. The standard InChI is InChI=1S/C14H29F3N4O2S.HI/c1-5-18-13(20-12(2)7-10-24(4,22)23)19-8-6-9-21(3)11-14(15,16)17;/h12H,5-11H2,1-4H3,(H2,18,19,20);1H. The van der Waals surface area contributed by atoms with E-state index in [1.807, 2.05) is 13.8 Å². The van der Waals surface area contributed by atoms with Crippen LogP contribution < -0.4 is 10.6 Å². The summed E-state index contributed by atoms with van der Waals surface area (Å²) in [7, 11) is -1.59. The van der Waals surface area contributed by atoms with Gasteiger partial charge in [-0.1, -0.05) is 0 Å². The highest BCUT2D eigenvalue weighted by Crippen LogP contribution is 2.15. The first-order chi connectivity index (χ1) is 10.9. The van der Waals surface area contributed by atoms with Crippen molar-refractivity contribution >= 4 is 39.8 Å². The molecule has 0 aromatic carbocycles. The first-order valence-electron chi connectivity index (χ1n) is 7.91. The Bertz CT molecular complexity index is 487. The number of nitrogens with zero attached hydrogens (tertiary/aromatic N) is 2. The molecule has 0 saturated heterocycles. The van der Waals surface area contributed by atoms with E-state index in [0.29, 0.717) is 38.4 Å². The van der Waals surface area contributed by atoms with Crippen molar-refractivity contribution in [2.75, 3.05) is 45.2 Å². The van der Waals surface area contributed by atoms with Crippen LogP contribution in [0.5, 0.6) is 0 Å². The number of aliphatic imine (C=N–C) groups is 1. The van der Waals surface area contributed by atoms with E-state index in [-0.39, 0.29) is 35.8 Å². The number of halogens is 4. The molecule has 0 spiro atoms. The van der Waals surface area contributed by atoms with Crippen molar-refractivity contribution < 1.29 is 21.6 Å². The van der Waals surface area contributed by atoms with Gasteiger partial charge in [0.25, 0.3) is 0 Å². The van der Waals surface area contributed by atoms with Gasteiger partial charge in [0.05, 0.1) is 12.3 Å². The van der Waals surface area contributed by atoms with Crippen LogP contribution in [0.2, 0.25) is 0 Å². The molecule has 1 unspecified atom stereocenters. The quantitative estimate of drug-likeness (QED) is 0.207. The van der Waals surface area contributed by atoms with E-state index in [1.54, 1.807) is 0 Å². The average Bonchev–Trinajstić information content (AvgIpc) is 2.38. The van der Waals surface area contributed by atoms with Gasteiger partial charge < -0.3 is 10.6 Å². The lowest BCUT2D eigenvalue weighted by Gasteiger charge is -2.19. The van der Waals surface area contributed by atoms with Crippen LogP contribution >= 0.6 is 24.0 Å². The summed E-state index contributed by atoms with van der Waals surface area (Å²) in [4.78, 5) is 5.52. The third kappa shape index (κ3) is 18.3. The van der Waals surface area contributed by atoms with Crippen molar-refractivity contribution in [3.05, 3.63) is 0 Å². The molecule has 0 aliphatic rings. The summed E-state index contributed by atoms with van der Waals surface area (Å²) in [5, 5.41) is 6.13. The topological polar surface area (TPSA) is 73.8 Å². The molecule has 0 aromatic heterocycles. The molecule has 11 heteroatoms. The molecule has 0 heterocycles. The number of hydrogen-bond donors (Lipinski definition) is 2. The third-order valence-electron chi connectivity index (χ3n) is 3.07. The smallest absolute Gasteiger partial charge is 0.357 e. The van der Waals surface area contributed by atoms with Gasteiger partial charge in [0.2, 0.25) is 0 Å². The summed E-state index contributed by atoms with van der Waals surface area (Å²) < 4.78 is 59.0. The molecule has 2 N–H and O–H groups in total. The SMILES string of the molecule is CCNC(=NCCCN(C)CC(F)(F)F)NC(C)CCS(C)(=O)=O.I. The maximum atomic E-state index is 12.2. The summed E-state index contributed by atoms with van der Waals surface area (Å²) in [6, 6.07) is -0.0783. The summed E-state index contributed by atoms with van der Waals surface area (Å²) in [6.45, 7) is 4.14. The monoisotopic (exact) mass is 502 g/mol. The van der Waals surface area contributed by atoms with Crippen LogP contribution in [-0.4, -0.2) is 76.7 Å². The Hall–Kier alpha value is -0.300. The second-order valence-corrected chi connectivity index (χ2v) is 8.19. The van der Waals surface area contributed by atoms with E-state index in [0.717, 1.165) is 0 Å². The van der Waals surface area contributed by atoms with E-state index in [2.05, 4.69) is 15.6 Å². The third-order valence-corrected chi connectivity index (χ3v) is 4.04. The van der Waals surface area contributed by atoms with Crippen molar-refractivity contribution in [3.63, 3.8) is 0 Å². The van der Waals surface area contributed by atoms with Gasteiger partial charge in [0.15, 0.2) is 5.96 Å². The highest BCUT2D eigenvalue weighted by molar-refractivity contribution is 14.0. The predicted octanol–water partition coefficient (Wildman–Crippen LogP) is 1.87. The molecule has 0 radical (unpaired) electrons. The lowest BCUT2D eigenvalue weighted by molar-refractivity contribution is -0.143. The van der Waals surface area contributed by atoms with E-state index in [9.17, 15) is 21.6 Å². The molecule has 0 amide bonds. The van der Waals surface area contributed by atoms with E-state index >= 15 is 0 Å². The number of rotatable bonds is 10. The fourth-order valence-corrected chi connectivity index (χ4v) is 2.71. The van der Waals surface area contributed by atoms with Gasteiger partial charge in [0.1, 0.15) is 9.84 Å². The molecule has 0 rings (SSSR count). The zero-order valence-electron chi connectivity index (χ0n) is 15.2. The van der Waals surface area contributed by atoms with Crippen molar-refractivity contribution in [1.29, 1.82) is 0 Å². The predicted molar refractivity (Wildman–Crippen MR) is 106 cm³/mol. The van der Waals surface area contributed by atoms with Crippen molar-refractivity contribution in [2.45, 2.75) is 38.9 Å². The maximum absolute atomic E-state index is 12.2. The number of nitrogens with one attached hydrogen (secondary N) is 2. The van der Waals surface area contributed by atoms with Crippen LogP contribution in [0.15, 0.2) is 4.99 Å². The van der Waals surface area contributed by atoms with E-state index in [1.165, 1.54) is 18.2 Å². The molecule has 6 nitrogen and oxygen atoms in total. The summed E-state index contributed by atoms with van der Waals surface area (Å²) in [6.07, 6.45) is -2.04. The van der Waals surface area contributed by atoms with Crippen LogP contribution in [0, 0.1) is 0 Å². The summed E-state index contributed by atoms with van der Waals surface area (Å²) in [5.41, 5.74) is 0. The van der Waals surface area contributed by atoms with Gasteiger partial charge in [-0.05, 0) is 40.3 Å². The molecule has 0 saturated carbocycles. The van der Waals surface area contributed by atoms with Crippen LogP contribution in [0.4, 0.5) is 13.2 Å². The first kappa shape index (κ1) is 26.9. The fraction of sp³-hybridized carbons (Fsp3) is 0.929. The van der Waals surface area contributed by atoms with Crippen molar-refractivity contribution in [3.8, 4) is 0 Å². The van der Waals surface area contributed by atoms with Gasteiger partial charge in [-0.3, -0.25) is 9.89 Å². The Morgan fingerprint density at radius 2 is 1.92 bits per heavy atom. The van der Waals surface area contributed by atoms with Crippen LogP contribution in [-0.2, 0) is 9.84 Å². The van der Waals surface area contributed by atoms with Gasteiger partial charge in [-0.25, -0.2) is 8.42 Å². The maximum Gasteiger partial charge on any atom is 0.401 e. The minimum Gasteiger partial charge on any atom is -0.357 e. The highest BCUT2D eigenvalue weighted by atomic mass is 127. The number of guanidine groups is 1. The van der Waals surface area contributed by atoms with Crippen LogP contribution in [0.3, 0.4) is 0 Å². The summed E-state index contributed by atoms with van der Waals surface area (Å²) in [5.74, 6) is 0.625. The Labute approximate surface area is 166 Å². The summed E-state index contributed by atoms with van der Waals surface area (Å²) >= 11 is 0. The number of hydrogen-bond acceptors (Lipinski definition) is 4. The molecular formula is C14H30F3IN4O2S.